The van der Waals surface area contributed by atoms with Gasteiger partial charge in [-0.15, -0.1) is 0 Å². The highest BCUT2D eigenvalue weighted by atomic mass is 127. The van der Waals surface area contributed by atoms with Gasteiger partial charge in [0.2, 0.25) is 0 Å². The molecule has 0 saturated carbocycles. The lowest BCUT2D eigenvalue weighted by molar-refractivity contribution is 0.111. The number of rotatable bonds is 27. The predicted octanol–water partition coefficient (Wildman–Crippen LogP) is 23.0. The Morgan fingerprint density at radius 2 is 0.819 bits per heavy atom. The van der Waals surface area contributed by atoms with Crippen LogP contribution in [0, 0.1) is 26.8 Å². The number of benzene rings is 7. The minimum atomic E-state index is -2.17. The van der Waals surface area contributed by atoms with E-state index in [0.29, 0.717) is 105 Å². The van der Waals surface area contributed by atoms with Crippen LogP contribution in [0.1, 0.15) is 149 Å². The highest BCUT2D eigenvalue weighted by Crippen LogP contribution is 2.48. The van der Waals surface area contributed by atoms with Gasteiger partial charge < -0.3 is 56.8 Å². The van der Waals surface area contributed by atoms with Gasteiger partial charge in [0.1, 0.15) is 66.1 Å². The number of aliphatic hydroxyl groups excluding tert-OH is 1. The van der Waals surface area contributed by atoms with E-state index in [1.54, 1.807) is 25.6 Å². The van der Waals surface area contributed by atoms with Gasteiger partial charge >= 0.3 is 0 Å². The molecule has 6 heterocycles. The minimum absolute atomic E-state index is 0.0519. The Hall–Kier alpha value is -10.8. The first-order chi connectivity index (χ1) is 55.6. The number of fused-ring (bicyclic) bond motifs is 3. The van der Waals surface area contributed by atoms with Gasteiger partial charge in [0.05, 0.1) is 39.6 Å². The number of hydrogen-bond acceptors (Lipinski definition) is 14. The Morgan fingerprint density at radius 1 is 0.431 bits per heavy atom. The number of carbonyl (C=O) groups is 2. The SMILES string of the molecule is CC(C)[Si](C(C)C)(C(C)C)n1cc(I)c2cccnc21.COc1cc(C(O)c2cn([Si](C(C)C)(C(C)C)C(C)C)c3ncccc23)c(F)cc1OCc1ccccc1.COc1cc(C=O)c(F)cc1O.COc1cc(C=O)c(F)cc1OCc1ccccc1.COc1cc(Cc2c[nH]c3ncccc23)c(F)cc1OCc1ccccc1. The summed E-state index contributed by atoms with van der Waals surface area (Å²) in [7, 11) is 1.97. The maximum atomic E-state index is 15.5. The first-order valence-electron chi connectivity index (χ1n) is 38.4. The van der Waals surface area contributed by atoms with Gasteiger partial charge in [-0.25, -0.2) is 32.5 Å². The molecule has 0 spiro atoms. The monoisotopic (exact) mass is 1730 g/mol. The normalized spacial score (nSPS) is 11.7. The van der Waals surface area contributed by atoms with Crippen LogP contribution < -0.4 is 33.2 Å². The van der Waals surface area contributed by atoms with Gasteiger partial charge in [-0.2, -0.15) is 0 Å². The molecule has 17 nitrogen and oxygen atoms in total. The topological polar surface area (TPSA) is 204 Å². The smallest absolute Gasteiger partial charge is 0.171 e. The van der Waals surface area contributed by atoms with E-state index in [4.69, 9.17) is 43.5 Å². The summed E-state index contributed by atoms with van der Waals surface area (Å²) in [6.45, 7) is 29.0. The second kappa shape index (κ2) is 41.2. The molecule has 0 aliphatic carbocycles. The largest absolute Gasteiger partial charge is 0.504 e. The molecule has 3 N–H and O–H groups in total. The Labute approximate surface area is 692 Å². The Kier molecular flexibility index (Phi) is 31.6. The summed E-state index contributed by atoms with van der Waals surface area (Å²) in [5, 5.41) is 23.8. The molecule has 0 bridgehead atoms. The Morgan fingerprint density at radius 3 is 1.28 bits per heavy atom. The lowest BCUT2D eigenvalue weighted by Crippen LogP contribution is -2.51. The summed E-state index contributed by atoms with van der Waals surface area (Å²) in [6.07, 6.45) is 11.7. The lowest BCUT2D eigenvalue weighted by atomic mass is 10.0. The van der Waals surface area contributed by atoms with Crippen molar-refractivity contribution in [2.45, 2.75) is 149 Å². The molecule has 0 amide bonds. The highest BCUT2D eigenvalue weighted by molar-refractivity contribution is 14.1. The van der Waals surface area contributed by atoms with E-state index in [-0.39, 0.29) is 46.4 Å². The average molecular weight is 1730 g/mol. The summed E-state index contributed by atoms with van der Waals surface area (Å²) in [5.41, 5.74) is 11.3. The lowest BCUT2D eigenvalue weighted by Gasteiger charge is -2.44. The number of methoxy groups -OCH3 is 4. The maximum Gasteiger partial charge on any atom is 0.171 e. The average Bonchev–Trinajstić information content (AvgIpc) is 1.58. The fourth-order valence-electron chi connectivity index (χ4n) is 16.1. The van der Waals surface area contributed by atoms with Crippen LogP contribution in [-0.2, 0) is 26.2 Å². The molecule has 0 radical (unpaired) electrons. The Balaban J connectivity index is 0.000000174. The van der Waals surface area contributed by atoms with E-state index >= 15 is 4.39 Å². The third-order valence-electron chi connectivity index (χ3n) is 21.2. The number of aromatic hydroxyl groups is 1. The van der Waals surface area contributed by atoms with Crippen LogP contribution in [0.15, 0.2) is 213 Å². The molecule has 6 aromatic heterocycles. The molecule has 13 rings (SSSR count). The molecular weight excluding hydrogens is 1620 g/mol. The molecule has 0 aliphatic rings. The van der Waals surface area contributed by atoms with Crippen LogP contribution in [0.2, 0.25) is 33.2 Å². The van der Waals surface area contributed by atoms with E-state index in [9.17, 15) is 27.9 Å². The molecule has 116 heavy (non-hydrogen) atoms. The predicted molar refractivity (Wildman–Crippen MR) is 465 cm³/mol. The van der Waals surface area contributed by atoms with Crippen molar-refractivity contribution in [3.63, 3.8) is 0 Å². The number of pyridine rings is 3. The second-order valence-corrected chi connectivity index (χ2v) is 42.4. The number of phenolic OH excluding ortho intramolecular Hbond substituents is 1. The van der Waals surface area contributed by atoms with Crippen molar-refractivity contribution in [3.8, 4) is 46.0 Å². The van der Waals surface area contributed by atoms with Crippen molar-refractivity contribution >= 4 is 84.7 Å². The van der Waals surface area contributed by atoms with Crippen LogP contribution >= 0.6 is 22.6 Å². The van der Waals surface area contributed by atoms with Gasteiger partial charge in [-0.3, -0.25) is 9.59 Å². The molecular formula is C92H103F4IN6O11Si2. The Bertz CT molecular complexity index is 5350. The number of ether oxygens (including phenoxy) is 7. The van der Waals surface area contributed by atoms with Gasteiger partial charge in [-0.1, -0.05) is 174 Å². The summed E-state index contributed by atoms with van der Waals surface area (Å²) >= 11 is 2.45. The number of aldehydes is 2. The third kappa shape index (κ3) is 20.3. The van der Waals surface area contributed by atoms with E-state index in [1.807, 2.05) is 140 Å². The zero-order valence-electron chi connectivity index (χ0n) is 68.4. The summed E-state index contributed by atoms with van der Waals surface area (Å²) < 4.78 is 101. The van der Waals surface area contributed by atoms with E-state index in [2.05, 4.69) is 141 Å². The number of nitrogens with one attached hydrogen (secondary N) is 1. The minimum Gasteiger partial charge on any atom is -0.504 e. The number of phenols is 1. The van der Waals surface area contributed by atoms with Crippen molar-refractivity contribution in [1.82, 2.24) is 28.4 Å². The standard InChI is InChI=1S/C31H39FN2O3Si.C22H19FN2O2.C16H25IN2Si.C15H13FO3.C8H7FO3/c1-20(2)38(21(3)4,22(5)6)34-18-26(24-14-11-15-33-31(24)34)30(35)25-16-28(36-7)29(17-27(25)32)37-19-23-12-9-8-10-13-23;1-26-20-11-16(10-17-13-25-22-18(17)8-5-9-24-22)19(23)12-21(20)27-14-15-6-3-2-4-7-15;1-11(2)20(12(3)4,13(5)6)19-10-15(17)14-8-7-9-18-16(14)19;1-18-14-7-12(9-17)13(16)8-15(14)19-10-11-5-3-2-4-6-11;1-12-8-2-5(4-10)6(9)3-7(8)11/h8-18,20-22,30,35H,19H2,1-7H3;2-9,11-13H,10,14H2,1H3,(H,24,25);7-13H,1-6H3;2-9H,10H2,1H3;2-4,11H,1H3. The summed E-state index contributed by atoms with van der Waals surface area (Å²) in [5.74, 6) is -0.324. The van der Waals surface area contributed by atoms with Gasteiger partial charge in [0.15, 0.2) is 75.0 Å². The number of carbonyl (C=O) groups excluding carboxylic acids is 2. The summed E-state index contributed by atoms with van der Waals surface area (Å²) in [6, 6.07) is 51.2. The molecule has 0 aliphatic heterocycles. The van der Waals surface area contributed by atoms with E-state index < -0.39 is 40.0 Å². The molecule has 24 heteroatoms. The number of aromatic nitrogens is 6. The molecule has 13 aromatic rings. The fourth-order valence-corrected chi connectivity index (χ4v) is 30.2. The molecule has 0 saturated heterocycles. The summed E-state index contributed by atoms with van der Waals surface area (Å²) in [4.78, 5) is 37.7. The number of H-pyrrole nitrogens is 1. The molecule has 7 aromatic carbocycles. The zero-order chi connectivity index (χ0) is 84.1. The fraction of sp³-hybridized carbons (Fsp3) is 0.293. The van der Waals surface area contributed by atoms with E-state index in [1.165, 1.54) is 60.2 Å². The quantitative estimate of drug-likeness (QED) is 0.0190. The number of aromatic amines is 1. The molecule has 1 atom stereocenters. The van der Waals surface area contributed by atoms with Gasteiger partial charge in [-0.05, 0) is 144 Å². The second-order valence-electron chi connectivity index (χ2n) is 29.8. The van der Waals surface area contributed by atoms with Crippen molar-refractivity contribution in [3.05, 3.63) is 290 Å². The van der Waals surface area contributed by atoms with Crippen LogP contribution in [0.25, 0.3) is 33.1 Å². The highest BCUT2D eigenvalue weighted by Gasteiger charge is 2.48. The first kappa shape index (κ1) is 89.1. The third-order valence-corrected chi connectivity index (χ3v) is 35.5. The van der Waals surface area contributed by atoms with E-state index in [0.717, 1.165) is 62.5 Å². The molecule has 1 unspecified atom stereocenters. The zero-order valence-corrected chi connectivity index (χ0v) is 72.6. The number of hydrogen-bond donors (Lipinski definition) is 3. The van der Waals surface area contributed by atoms with Gasteiger partial charge in [0, 0.05) is 98.7 Å². The maximum absolute atomic E-state index is 15.5. The molecule has 610 valence electrons. The van der Waals surface area contributed by atoms with Crippen LogP contribution in [-0.4, -0.2) is 96.1 Å². The number of aliphatic hydroxyl groups is 1. The first-order valence-corrected chi connectivity index (χ1v) is 43.8. The van der Waals surface area contributed by atoms with Crippen molar-refractivity contribution in [2.75, 3.05) is 28.4 Å². The van der Waals surface area contributed by atoms with Crippen molar-refractivity contribution in [2.24, 2.45) is 0 Å². The van der Waals surface area contributed by atoms with Gasteiger partial charge in [0.25, 0.3) is 0 Å². The van der Waals surface area contributed by atoms with Crippen LogP contribution in [0.4, 0.5) is 17.6 Å². The van der Waals surface area contributed by atoms with Crippen LogP contribution in [0.3, 0.4) is 0 Å². The number of halogens is 5. The number of nitrogens with zero attached hydrogens (tertiary/aromatic N) is 5. The van der Waals surface area contributed by atoms with Crippen molar-refractivity contribution in [1.29, 1.82) is 0 Å². The van der Waals surface area contributed by atoms with Crippen molar-refractivity contribution < 1.29 is 70.5 Å². The van der Waals surface area contributed by atoms with Crippen LogP contribution in [0.5, 0.6) is 46.0 Å². The molecule has 0 fully saturated rings.